The maximum Gasteiger partial charge on any atom is 0.178 e. The van der Waals surface area contributed by atoms with Gasteiger partial charge in [-0.05, 0) is 51.9 Å². The number of rotatable bonds is 6. The molecule has 0 aliphatic carbocycles. The third kappa shape index (κ3) is 4.49. The first kappa shape index (κ1) is 19.0. The Labute approximate surface area is 138 Å². The molecule has 1 aliphatic heterocycles. The summed E-state index contributed by atoms with van der Waals surface area (Å²) in [5.74, 6) is 1.13. The van der Waals surface area contributed by atoms with E-state index in [4.69, 9.17) is 9.47 Å². The van der Waals surface area contributed by atoms with Crippen LogP contribution in [0, 0.1) is 0 Å². The lowest BCUT2D eigenvalue weighted by molar-refractivity contribution is -0.0426. The Kier molecular flexibility index (Phi) is 6.94. The van der Waals surface area contributed by atoms with Gasteiger partial charge in [0.25, 0.3) is 0 Å². The third-order valence-electron chi connectivity index (χ3n) is 4.03. The van der Waals surface area contributed by atoms with Crippen LogP contribution < -0.4 is 9.47 Å². The normalized spacial score (nSPS) is 15.7. The maximum atomic E-state index is 9.19. The Balaban J connectivity index is 0.00000242. The average molecular weight is 332 g/mol. The van der Waals surface area contributed by atoms with Crippen LogP contribution in [0.2, 0.25) is 0 Å². The van der Waals surface area contributed by atoms with E-state index >= 15 is 0 Å². The molecule has 0 amide bonds. The topological polar surface area (TPSA) is 62.2 Å². The Morgan fingerprint density at radius 3 is 2.36 bits per heavy atom. The van der Waals surface area contributed by atoms with E-state index in [0.29, 0.717) is 23.7 Å². The Morgan fingerprint density at radius 2 is 1.82 bits per heavy atom. The SMILES string of the molecule is COc1cc(C(O)O)ccc1OCC(C)(C)N1CCCC1.Cl. The van der Waals surface area contributed by atoms with Crippen LogP contribution in [0.5, 0.6) is 11.5 Å². The molecule has 1 saturated heterocycles. The second-order valence-corrected chi connectivity index (χ2v) is 6.08. The van der Waals surface area contributed by atoms with Gasteiger partial charge in [-0.3, -0.25) is 4.90 Å². The van der Waals surface area contributed by atoms with E-state index in [0.717, 1.165) is 13.1 Å². The molecule has 0 unspecified atom stereocenters. The molecule has 1 fully saturated rings. The number of aliphatic hydroxyl groups is 2. The molecule has 0 bridgehead atoms. The molecule has 1 aliphatic rings. The van der Waals surface area contributed by atoms with Crippen molar-refractivity contribution in [2.45, 2.75) is 38.5 Å². The minimum absolute atomic E-state index is 0. The van der Waals surface area contributed by atoms with E-state index in [2.05, 4.69) is 18.7 Å². The number of hydrogen-bond donors (Lipinski definition) is 2. The number of likely N-dealkylation sites (tertiary alicyclic amines) is 1. The van der Waals surface area contributed by atoms with Crippen molar-refractivity contribution in [3.63, 3.8) is 0 Å². The first-order valence-electron chi connectivity index (χ1n) is 7.36. The van der Waals surface area contributed by atoms with Gasteiger partial charge in [0.2, 0.25) is 0 Å². The van der Waals surface area contributed by atoms with Crippen LogP contribution in [0.15, 0.2) is 18.2 Å². The van der Waals surface area contributed by atoms with E-state index in [-0.39, 0.29) is 17.9 Å². The van der Waals surface area contributed by atoms with Gasteiger partial charge < -0.3 is 19.7 Å². The molecule has 6 heteroatoms. The molecule has 126 valence electrons. The van der Waals surface area contributed by atoms with E-state index in [1.165, 1.54) is 12.8 Å². The van der Waals surface area contributed by atoms with Gasteiger partial charge in [0, 0.05) is 11.1 Å². The number of benzene rings is 1. The van der Waals surface area contributed by atoms with Crippen LogP contribution in [-0.4, -0.2) is 47.5 Å². The van der Waals surface area contributed by atoms with Crippen molar-refractivity contribution in [2.24, 2.45) is 0 Å². The van der Waals surface area contributed by atoms with Gasteiger partial charge >= 0.3 is 0 Å². The van der Waals surface area contributed by atoms with Gasteiger partial charge in [-0.15, -0.1) is 12.4 Å². The van der Waals surface area contributed by atoms with Crippen LogP contribution in [-0.2, 0) is 0 Å². The van der Waals surface area contributed by atoms with Crippen LogP contribution >= 0.6 is 12.4 Å². The first-order chi connectivity index (χ1) is 9.94. The zero-order valence-corrected chi connectivity index (χ0v) is 14.2. The fourth-order valence-electron chi connectivity index (χ4n) is 2.63. The highest BCUT2D eigenvalue weighted by Crippen LogP contribution is 2.31. The third-order valence-corrected chi connectivity index (χ3v) is 4.03. The Bertz CT molecular complexity index is 473. The monoisotopic (exact) mass is 331 g/mol. The fraction of sp³-hybridized carbons (Fsp3) is 0.625. The second kappa shape index (κ2) is 8.02. The van der Waals surface area contributed by atoms with Crippen LogP contribution in [0.25, 0.3) is 0 Å². The molecule has 0 atom stereocenters. The van der Waals surface area contributed by atoms with Gasteiger partial charge in [0.15, 0.2) is 17.8 Å². The summed E-state index contributed by atoms with van der Waals surface area (Å²) in [5.41, 5.74) is 0.356. The number of halogens is 1. The number of ether oxygens (including phenoxy) is 2. The summed E-state index contributed by atoms with van der Waals surface area (Å²) in [4.78, 5) is 2.44. The minimum atomic E-state index is -1.51. The van der Waals surface area contributed by atoms with Crippen molar-refractivity contribution >= 4 is 12.4 Å². The molecular formula is C16H26ClNO4. The number of nitrogens with zero attached hydrogens (tertiary/aromatic N) is 1. The van der Waals surface area contributed by atoms with E-state index in [1.54, 1.807) is 25.3 Å². The van der Waals surface area contributed by atoms with E-state index in [9.17, 15) is 10.2 Å². The molecule has 2 N–H and O–H groups in total. The zero-order valence-electron chi connectivity index (χ0n) is 13.4. The van der Waals surface area contributed by atoms with Crippen molar-refractivity contribution in [3.05, 3.63) is 23.8 Å². The van der Waals surface area contributed by atoms with E-state index in [1.807, 2.05) is 0 Å². The summed E-state index contributed by atoms with van der Waals surface area (Å²) < 4.78 is 11.2. The predicted molar refractivity (Wildman–Crippen MR) is 87.8 cm³/mol. The minimum Gasteiger partial charge on any atom is -0.493 e. The van der Waals surface area contributed by atoms with Gasteiger partial charge in [0.1, 0.15) is 6.61 Å². The fourth-order valence-corrected chi connectivity index (χ4v) is 2.63. The lowest BCUT2D eigenvalue weighted by Crippen LogP contribution is -2.46. The highest BCUT2D eigenvalue weighted by Gasteiger charge is 2.30. The largest absolute Gasteiger partial charge is 0.493 e. The summed E-state index contributed by atoms with van der Waals surface area (Å²) in [6.07, 6.45) is 0.986. The van der Waals surface area contributed by atoms with Crippen molar-refractivity contribution in [1.29, 1.82) is 0 Å². The molecule has 1 aromatic carbocycles. The van der Waals surface area contributed by atoms with Gasteiger partial charge in [-0.1, -0.05) is 6.07 Å². The molecule has 5 nitrogen and oxygen atoms in total. The molecule has 0 spiro atoms. The summed E-state index contributed by atoms with van der Waals surface area (Å²) >= 11 is 0. The molecule has 22 heavy (non-hydrogen) atoms. The number of aliphatic hydroxyl groups excluding tert-OH is 1. The first-order valence-corrected chi connectivity index (χ1v) is 7.36. The molecule has 1 aromatic rings. The average Bonchev–Trinajstić information content (AvgIpc) is 3.00. The number of hydrogen-bond acceptors (Lipinski definition) is 5. The van der Waals surface area contributed by atoms with Gasteiger partial charge in [0.05, 0.1) is 7.11 Å². The standard InChI is InChI=1S/C16H25NO4.ClH/c1-16(2,17-8-4-5-9-17)11-21-13-7-6-12(15(18)19)10-14(13)20-3;/h6-7,10,15,18-19H,4-5,8-9,11H2,1-3H3;1H. The predicted octanol–water partition coefficient (Wildman–Crippen LogP) is 2.35. The summed E-state index contributed by atoms with van der Waals surface area (Å²) in [5, 5.41) is 18.4. The van der Waals surface area contributed by atoms with Crippen molar-refractivity contribution in [3.8, 4) is 11.5 Å². The highest BCUT2D eigenvalue weighted by molar-refractivity contribution is 5.85. The van der Waals surface area contributed by atoms with Gasteiger partial charge in [-0.2, -0.15) is 0 Å². The lowest BCUT2D eigenvalue weighted by Gasteiger charge is -2.35. The van der Waals surface area contributed by atoms with Crippen molar-refractivity contribution in [2.75, 3.05) is 26.8 Å². The zero-order chi connectivity index (χ0) is 15.5. The van der Waals surface area contributed by atoms with Gasteiger partial charge in [-0.25, -0.2) is 0 Å². The van der Waals surface area contributed by atoms with E-state index < -0.39 is 6.29 Å². The Morgan fingerprint density at radius 1 is 1.18 bits per heavy atom. The molecule has 1 heterocycles. The molecule has 2 rings (SSSR count). The van der Waals surface area contributed by atoms with Crippen molar-refractivity contribution in [1.82, 2.24) is 4.90 Å². The molecule has 0 saturated carbocycles. The number of methoxy groups -OCH3 is 1. The summed E-state index contributed by atoms with van der Waals surface area (Å²) in [6, 6.07) is 4.93. The lowest BCUT2D eigenvalue weighted by atomic mass is 10.1. The highest BCUT2D eigenvalue weighted by atomic mass is 35.5. The van der Waals surface area contributed by atoms with Crippen LogP contribution in [0.4, 0.5) is 0 Å². The smallest absolute Gasteiger partial charge is 0.178 e. The van der Waals surface area contributed by atoms with Crippen LogP contribution in [0.1, 0.15) is 38.5 Å². The van der Waals surface area contributed by atoms with Crippen LogP contribution in [0.3, 0.4) is 0 Å². The Hall–Kier alpha value is -1.01. The quantitative estimate of drug-likeness (QED) is 0.784. The maximum absolute atomic E-state index is 9.19. The summed E-state index contributed by atoms with van der Waals surface area (Å²) in [7, 11) is 1.54. The summed E-state index contributed by atoms with van der Waals surface area (Å²) in [6.45, 7) is 7.14. The van der Waals surface area contributed by atoms with Crippen molar-refractivity contribution < 1.29 is 19.7 Å². The second-order valence-electron chi connectivity index (χ2n) is 6.08. The molecule has 0 radical (unpaired) electrons. The molecular weight excluding hydrogens is 306 g/mol. The molecule has 0 aromatic heterocycles.